The molecule has 7 heteroatoms. The van der Waals surface area contributed by atoms with Crippen LogP contribution in [0.25, 0.3) is 0 Å². The predicted octanol–water partition coefficient (Wildman–Crippen LogP) is 1.69. The van der Waals surface area contributed by atoms with E-state index in [2.05, 4.69) is 5.32 Å². The second-order valence-electron chi connectivity index (χ2n) is 3.71. The summed E-state index contributed by atoms with van der Waals surface area (Å²) in [6, 6.07) is 4.60. The number of hydrogen-bond donors (Lipinski definition) is 1. The molecule has 0 aliphatic carbocycles. The van der Waals surface area contributed by atoms with Crippen LogP contribution in [-0.4, -0.2) is 23.4 Å². The molecule has 1 aliphatic rings. The molecule has 0 bridgehead atoms. The third-order valence-electron chi connectivity index (χ3n) is 2.57. The average Bonchev–Trinajstić information content (AvgIpc) is 2.78. The maximum absolute atomic E-state index is 12.1. The minimum absolute atomic E-state index is 0.251. The van der Waals surface area contributed by atoms with Crippen molar-refractivity contribution < 1.29 is 9.59 Å². The molecule has 2 heterocycles. The van der Waals surface area contributed by atoms with E-state index >= 15 is 0 Å². The molecule has 0 saturated carbocycles. The molecular formula is C10H8ClN3O2S. The van der Waals surface area contributed by atoms with Gasteiger partial charge in [0, 0.05) is 4.88 Å². The Labute approximate surface area is 107 Å². The molecular weight excluding hydrogens is 262 g/mol. The van der Waals surface area contributed by atoms with Gasteiger partial charge in [0.15, 0.2) is 5.54 Å². The molecule has 1 aromatic heterocycles. The normalized spacial score (nSPS) is 23.7. The number of hydrogen-bond acceptors (Lipinski definition) is 4. The number of carbonyl (C=O) groups excluding carboxylic acids is 2. The van der Waals surface area contributed by atoms with E-state index < -0.39 is 17.5 Å². The SMILES string of the molecule is C[C@@]1(c2ccc(Cl)s2)NC(=O)N(CC#N)C1=O. The maximum Gasteiger partial charge on any atom is 0.326 e. The number of halogens is 1. The van der Waals surface area contributed by atoms with Crippen LogP contribution in [-0.2, 0) is 10.3 Å². The number of imide groups is 1. The average molecular weight is 270 g/mol. The molecule has 1 atom stereocenters. The first-order valence-electron chi connectivity index (χ1n) is 4.76. The van der Waals surface area contributed by atoms with E-state index in [4.69, 9.17) is 16.9 Å². The summed E-state index contributed by atoms with van der Waals surface area (Å²) in [5.74, 6) is -0.428. The molecule has 1 saturated heterocycles. The van der Waals surface area contributed by atoms with Gasteiger partial charge in [0.2, 0.25) is 0 Å². The molecule has 3 amide bonds. The van der Waals surface area contributed by atoms with Crippen LogP contribution in [0.15, 0.2) is 12.1 Å². The van der Waals surface area contributed by atoms with Gasteiger partial charge in [-0.2, -0.15) is 5.26 Å². The summed E-state index contributed by atoms with van der Waals surface area (Å²) in [6.45, 7) is 1.35. The molecule has 0 aromatic carbocycles. The van der Waals surface area contributed by atoms with Gasteiger partial charge in [0.05, 0.1) is 10.4 Å². The second kappa shape index (κ2) is 4.02. The Morgan fingerprint density at radius 3 is 2.82 bits per heavy atom. The van der Waals surface area contributed by atoms with E-state index in [1.807, 2.05) is 0 Å². The smallest absolute Gasteiger partial charge is 0.319 e. The van der Waals surface area contributed by atoms with Gasteiger partial charge in [-0.15, -0.1) is 11.3 Å². The number of urea groups is 1. The van der Waals surface area contributed by atoms with Crippen LogP contribution in [0.4, 0.5) is 4.79 Å². The summed E-state index contributed by atoms with van der Waals surface area (Å²) in [6.07, 6.45) is 0. The van der Waals surface area contributed by atoms with Gasteiger partial charge in [-0.3, -0.25) is 4.79 Å². The third kappa shape index (κ3) is 1.77. The molecule has 5 nitrogen and oxygen atoms in total. The fraction of sp³-hybridized carbons (Fsp3) is 0.300. The lowest BCUT2D eigenvalue weighted by Gasteiger charge is -2.19. The highest BCUT2D eigenvalue weighted by atomic mass is 35.5. The molecule has 88 valence electrons. The Balaban J connectivity index is 2.38. The first-order chi connectivity index (χ1) is 7.99. The zero-order chi connectivity index (χ0) is 12.6. The van der Waals surface area contributed by atoms with E-state index in [1.54, 1.807) is 25.1 Å². The van der Waals surface area contributed by atoms with Crippen molar-refractivity contribution in [2.45, 2.75) is 12.5 Å². The van der Waals surface area contributed by atoms with Crippen LogP contribution in [0.1, 0.15) is 11.8 Å². The Morgan fingerprint density at radius 1 is 1.59 bits per heavy atom. The highest BCUT2D eigenvalue weighted by Gasteiger charge is 2.49. The zero-order valence-corrected chi connectivity index (χ0v) is 10.4. The minimum atomic E-state index is -1.12. The number of amides is 3. The molecule has 1 N–H and O–H groups in total. The first kappa shape index (κ1) is 11.9. The number of nitrogens with zero attached hydrogens (tertiary/aromatic N) is 2. The van der Waals surface area contributed by atoms with E-state index in [1.165, 1.54) is 11.3 Å². The van der Waals surface area contributed by atoms with Crippen molar-refractivity contribution in [2.75, 3.05) is 6.54 Å². The fourth-order valence-corrected chi connectivity index (χ4v) is 2.80. The van der Waals surface area contributed by atoms with Crippen LogP contribution >= 0.6 is 22.9 Å². The molecule has 1 fully saturated rings. The van der Waals surface area contributed by atoms with Crippen molar-refractivity contribution in [3.63, 3.8) is 0 Å². The van der Waals surface area contributed by atoms with Gasteiger partial charge >= 0.3 is 6.03 Å². The summed E-state index contributed by atoms with van der Waals surface area (Å²) in [7, 11) is 0. The van der Waals surface area contributed by atoms with E-state index in [0.29, 0.717) is 9.21 Å². The number of nitriles is 1. The molecule has 0 unspecified atom stereocenters. The van der Waals surface area contributed by atoms with Gasteiger partial charge in [-0.05, 0) is 19.1 Å². The highest BCUT2D eigenvalue weighted by Crippen LogP contribution is 2.35. The van der Waals surface area contributed by atoms with Crippen LogP contribution in [0.2, 0.25) is 4.34 Å². The quantitative estimate of drug-likeness (QED) is 0.656. The Hall–Kier alpha value is -1.58. The van der Waals surface area contributed by atoms with Crippen molar-refractivity contribution in [2.24, 2.45) is 0 Å². The lowest BCUT2D eigenvalue weighted by Crippen LogP contribution is -2.40. The minimum Gasteiger partial charge on any atom is -0.319 e. The van der Waals surface area contributed by atoms with Gasteiger partial charge < -0.3 is 5.32 Å². The fourth-order valence-electron chi connectivity index (χ4n) is 1.66. The number of rotatable bonds is 2. The standard InChI is InChI=1S/C10H8ClN3O2S/c1-10(6-2-3-7(11)17-6)8(15)14(5-4-12)9(16)13-10/h2-3H,5H2,1H3,(H,13,16)/t10-/m0/s1. The lowest BCUT2D eigenvalue weighted by molar-refractivity contribution is -0.130. The van der Waals surface area contributed by atoms with Crippen LogP contribution in [0.3, 0.4) is 0 Å². The maximum atomic E-state index is 12.1. The predicted molar refractivity (Wildman–Crippen MR) is 62.5 cm³/mol. The molecule has 2 rings (SSSR count). The number of nitrogens with one attached hydrogen (secondary N) is 1. The summed E-state index contributed by atoms with van der Waals surface area (Å²) in [5, 5.41) is 11.1. The second-order valence-corrected chi connectivity index (χ2v) is 5.42. The number of carbonyl (C=O) groups is 2. The van der Waals surface area contributed by atoms with E-state index in [-0.39, 0.29) is 6.54 Å². The summed E-state index contributed by atoms with van der Waals surface area (Å²) < 4.78 is 0.544. The zero-order valence-electron chi connectivity index (χ0n) is 8.86. The Bertz CT molecular complexity index is 536. The monoisotopic (exact) mass is 269 g/mol. The summed E-state index contributed by atoms with van der Waals surface area (Å²) in [4.78, 5) is 25.2. The summed E-state index contributed by atoms with van der Waals surface area (Å²) >= 11 is 7.04. The largest absolute Gasteiger partial charge is 0.326 e. The number of thiophene rings is 1. The van der Waals surface area contributed by atoms with E-state index in [9.17, 15) is 9.59 Å². The van der Waals surface area contributed by atoms with Crippen LogP contribution in [0.5, 0.6) is 0 Å². The van der Waals surface area contributed by atoms with Crippen molar-refractivity contribution in [1.29, 1.82) is 5.26 Å². The first-order valence-corrected chi connectivity index (χ1v) is 5.95. The van der Waals surface area contributed by atoms with Crippen molar-refractivity contribution in [1.82, 2.24) is 10.2 Å². The Morgan fingerprint density at radius 2 is 2.29 bits per heavy atom. The van der Waals surface area contributed by atoms with Crippen LogP contribution in [0, 0.1) is 11.3 Å². The molecule has 1 aliphatic heterocycles. The van der Waals surface area contributed by atoms with Crippen molar-refractivity contribution in [3.8, 4) is 6.07 Å². The van der Waals surface area contributed by atoms with Gasteiger partial charge in [0.1, 0.15) is 6.54 Å². The van der Waals surface area contributed by atoms with E-state index in [0.717, 1.165) is 4.90 Å². The topological polar surface area (TPSA) is 73.2 Å². The summed E-state index contributed by atoms with van der Waals surface area (Å²) in [5.41, 5.74) is -1.12. The molecule has 0 radical (unpaired) electrons. The molecule has 17 heavy (non-hydrogen) atoms. The highest BCUT2D eigenvalue weighted by molar-refractivity contribution is 7.16. The van der Waals surface area contributed by atoms with Gasteiger partial charge in [-0.1, -0.05) is 11.6 Å². The third-order valence-corrected chi connectivity index (χ3v) is 4.02. The van der Waals surface area contributed by atoms with Crippen molar-refractivity contribution in [3.05, 3.63) is 21.3 Å². The molecule has 0 spiro atoms. The van der Waals surface area contributed by atoms with Gasteiger partial charge in [0.25, 0.3) is 5.91 Å². The molecule has 1 aromatic rings. The van der Waals surface area contributed by atoms with Crippen molar-refractivity contribution >= 4 is 34.9 Å². The van der Waals surface area contributed by atoms with Crippen LogP contribution < -0.4 is 5.32 Å². The van der Waals surface area contributed by atoms with Gasteiger partial charge in [-0.25, -0.2) is 9.69 Å². The lowest BCUT2D eigenvalue weighted by atomic mass is 10.0. The Kier molecular flexibility index (Phi) is 2.81.